The lowest BCUT2D eigenvalue weighted by atomic mass is 9.97. The van der Waals surface area contributed by atoms with E-state index in [4.69, 9.17) is 10.5 Å². The minimum Gasteiger partial charge on any atom is -0.454 e. The molecule has 186 valence electrons. The summed E-state index contributed by atoms with van der Waals surface area (Å²) in [6.07, 6.45) is 2.48. The summed E-state index contributed by atoms with van der Waals surface area (Å²) in [4.78, 5) is 39.8. The number of ether oxygens (including phenoxy) is 1. The number of halogens is 3. The summed E-state index contributed by atoms with van der Waals surface area (Å²) in [6.45, 7) is 0. The van der Waals surface area contributed by atoms with Crippen LogP contribution in [0.15, 0.2) is 54.7 Å². The molecule has 36 heavy (non-hydrogen) atoms. The van der Waals surface area contributed by atoms with Crippen molar-refractivity contribution in [2.75, 3.05) is 10.6 Å². The predicted molar refractivity (Wildman–Crippen MR) is 124 cm³/mol. The summed E-state index contributed by atoms with van der Waals surface area (Å²) in [5, 5.41) is 4.99. The fourth-order valence-corrected chi connectivity index (χ4v) is 3.65. The van der Waals surface area contributed by atoms with Crippen molar-refractivity contribution < 1.29 is 32.3 Å². The number of carbonyl (C=O) groups excluding carboxylic acids is 3. The highest BCUT2D eigenvalue weighted by Gasteiger charge is 2.46. The van der Waals surface area contributed by atoms with Gasteiger partial charge in [-0.2, -0.15) is 4.39 Å². The Bertz CT molecular complexity index is 1330. The maximum Gasteiger partial charge on any atom is 0.267 e. The maximum atomic E-state index is 14.6. The number of hydrogen-bond acceptors (Lipinski definition) is 5. The molecule has 3 aromatic rings. The van der Waals surface area contributed by atoms with Crippen LogP contribution < -0.4 is 21.1 Å². The van der Waals surface area contributed by atoms with Crippen LogP contribution in [0.25, 0.3) is 0 Å². The predicted octanol–water partition coefficient (Wildman–Crippen LogP) is 4.53. The second kappa shape index (κ2) is 10.1. The number of primary amides is 1. The number of benzene rings is 2. The number of carbonyl (C=O) groups is 3. The van der Waals surface area contributed by atoms with E-state index in [0.29, 0.717) is 18.5 Å². The van der Waals surface area contributed by atoms with Crippen LogP contribution in [0.5, 0.6) is 11.5 Å². The molecule has 1 aromatic heterocycles. The molecular formula is C25H21F3N4O4. The molecule has 0 radical (unpaired) electrons. The average molecular weight is 498 g/mol. The van der Waals surface area contributed by atoms with Gasteiger partial charge in [-0.15, -0.1) is 0 Å². The summed E-state index contributed by atoms with van der Waals surface area (Å²) in [6, 6.07) is 10.1. The number of nitrogens with two attached hydrogens (primary N) is 1. The number of hydrogen-bond donors (Lipinski definition) is 3. The molecule has 0 saturated heterocycles. The third-order valence-electron chi connectivity index (χ3n) is 5.69. The minimum absolute atomic E-state index is 0.0171. The first kappa shape index (κ1) is 24.7. The highest BCUT2D eigenvalue weighted by molar-refractivity contribution is 5.94. The highest BCUT2D eigenvalue weighted by Crippen LogP contribution is 2.52. The molecule has 3 amide bonds. The van der Waals surface area contributed by atoms with Crippen molar-refractivity contribution in [1.29, 1.82) is 0 Å². The number of anilines is 2. The average Bonchev–Trinajstić information content (AvgIpc) is 3.58. The molecule has 8 nitrogen and oxygen atoms in total. The minimum atomic E-state index is -1.34. The van der Waals surface area contributed by atoms with Gasteiger partial charge in [0.1, 0.15) is 17.3 Å². The van der Waals surface area contributed by atoms with Crippen LogP contribution in [0.3, 0.4) is 0 Å². The van der Waals surface area contributed by atoms with Gasteiger partial charge in [0.25, 0.3) is 5.91 Å². The Kier molecular flexibility index (Phi) is 6.91. The Morgan fingerprint density at radius 3 is 2.22 bits per heavy atom. The summed E-state index contributed by atoms with van der Waals surface area (Å²) in [5.74, 6) is -5.27. The number of rotatable bonds is 9. The molecule has 1 aliphatic rings. The number of nitrogens with zero attached hydrogens (tertiary/aromatic N) is 1. The summed E-state index contributed by atoms with van der Waals surface area (Å²) >= 11 is 0. The van der Waals surface area contributed by atoms with Crippen molar-refractivity contribution in [3.63, 3.8) is 0 Å². The SMILES string of the molecule is NC(=O)c1cc(Oc2ccc(NC(=O)CC3(CC(=O)Nc4ccc(F)cc4)CC3)c(F)c2F)ccn1. The zero-order chi connectivity index (χ0) is 25.9. The molecule has 2 aromatic carbocycles. The number of pyridine rings is 1. The van der Waals surface area contributed by atoms with E-state index in [0.717, 1.165) is 12.1 Å². The smallest absolute Gasteiger partial charge is 0.267 e. The van der Waals surface area contributed by atoms with E-state index in [-0.39, 0.29) is 35.9 Å². The van der Waals surface area contributed by atoms with Crippen molar-refractivity contribution >= 4 is 29.1 Å². The van der Waals surface area contributed by atoms with Gasteiger partial charge in [0.15, 0.2) is 11.6 Å². The van der Waals surface area contributed by atoms with Crippen molar-refractivity contribution in [1.82, 2.24) is 4.98 Å². The number of amides is 3. The molecule has 1 aliphatic carbocycles. The van der Waals surface area contributed by atoms with E-state index in [2.05, 4.69) is 15.6 Å². The first-order valence-corrected chi connectivity index (χ1v) is 10.9. The highest BCUT2D eigenvalue weighted by atomic mass is 19.2. The topological polar surface area (TPSA) is 123 Å². The van der Waals surface area contributed by atoms with Gasteiger partial charge < -0.3 is 21.1 Å². The lowest BCUT2D eigenvalue weighted by Crippen LogP contribution is -2.23. The van der Waals surface area contributed by atoms with Gasteiger partial charge >= 0.3 is 0 Å². The monoisotopic (exact) mass is 498 g/mol. The Morgan fingerprint density at radius 2 is 1.58 bits per heavy atom. The van der Waals surface area contributed by atoms with Crippen molar-refractivity contribution in [2.45, 2.75) is 25.7 Å². The summed E-state index contributed by atoms with van der Waals surface area (Å²) in [7, 11) is 0. The van der Waals surface area contributed by atoms with E-state index >= 15 is 0 Å². The quantitative estimate of drug-likeness (QED) is 0.400. The van der Waals surface area contributed by atoms with Crippen molar-refractivity contribution in [3.05, 3.63) is 77.9 Å². The van der Waals surface area contributed by atoms with E-state index in [1.54, 1.807) is 0 Å². The zero-order valence-electron chi connectivity index (χ0n) is 18.8. The van der Waals surface area contributed by atoms with Gasteiger partial charge in [0.2, 0.25) is 17.6 Å². The van der Waals surface area contributed by atoms with Crippen molar-refractivity contribution in [2.24, 2.45) is 11.1 Å². The molecule has 0 bridgehead atoms. The third kappa shape index (κ3) is 5.98. The van der Waals surface area contributed by atoms with Gasteiger partial charge in [-0.3, -0.25) is 19.4 Å². The Balaban J connectivity index is 1.36. The molecule has 4 rings (SSSR count). The van der Waals surface area contributed by atoms with Gasteiger partial charge in [0.05, 0.1) is 5.69 Å². The lowest BCUT2D eigenvalue weighted by molar-refractivity contribution is -0.119. The molecule has 1 fully saturated rings. The zero-order valence-corrected chi connectivity index (χ0v) is 18.8. The lowest BCUT2D eigenvalue weighted by Gasteiger charge is -2.16. The first-order chi connectivity index (χ1) is 17.1. The van der Waals surface area contributed by atoms with E-state index in [9.17, 15) is 27.6 Å². The molecule has 0 aliphatic heterocycles. The van der Waals surface area contributed by atoms with Gasteiger partial charge in [-0.1, -0.05) is 0 Å². The Labute approximate surface area is 203 Å². The summed E-state index contributed by atoms with van der Waals surface area (Å²) < 4.78 is 47.5. The van der Waals surface area contributed by atoms with Crippen LogP contribution in [0.4, 0.5) is 24.5 Å². The van der Waals surface area contributed by atoms with E-state index in [1.165, 1.54) is 42.6 Å². The van der Waals surface area contributed by atoms with Gasteiger partial charge in [-0.05, 0) is 60.7 Å². The first-order valence-electron chi connectivity index (χ1n) is 10.9. The van der Waals surface area contributed by atoms with E-state index in [1.807, 2.05) is 0 Å². The molecule has 11 heteroatoms. The molecule has 0 atom stereocenters. The molecule has 4 N–H and O–H groups in total. The normalized spacial score (nSPS) is 13.5. The van der Waals surface area contributed by atoms with Crippen LogP contribution in [-0.4, -0.2) is 22.7 Å². The molecule has 0 spiro atoms. The van der Waals surface area contributed by atoms with Crippen molar-refractivity contribution in [3.8, 4) is 11.5 Å². The van der Waals surface area contributed by atoms with Crippen LogP contribution in [-0.2, 0) is 9.59 Å². The fraction of sp³-hybridized carbons (Fsp3) is 0.200. The van der Waals surface area contributed by atoms with Crippen LogP contribution in [0.2, 0.25) is 0 Å². The summed E-state index contributed by atoms with van der Waals surface area (Å²) in [5.41, 5.74) is 4.50. The van der Waals surface area contributed by atoms with Crippen LogP contribution >= 0.6 is 0 Å². The molecule has 0 unspecified atom stereocenters. The fourth-order valence-electron chi connectivity index (χ4n) is 3.65. The number of nitrogens with one attached hydrogen (secondary N) is 2. The molecular weight excluding hydrogens is 477 g/mol. The second-order valence-corrected chi connectivity index (χ2v) is 8.54. The van der Waals surface area contributed by atoms with E-state index < -0.39 is 40.4 Å². The largest absolute Gasteiger partial charge is 0.454 e. The number of aromatic nitrogens is 1. The second-order valence-electron chi connectivity index (χ2n) is 8.54. The molecule has 1 heterocycles. The van der Waals surface area contributed by atoms with Gasteiger partial charge in [0, 0.05) is 30.8 Å². The van der Waals surface area contributed by atoms with Gasteiger partial charge in [-0.25, -0.2) is 8.78 Å². The maximum absolute atomic E-state index is 14.6. The standard InChI is InChI=1S/C25H21F3N4O4/c26-14-1-3-15(4-2-14)31-20(33)12-25(8-9-25)13-21(34)32-17-5-6-19(23(28)22(17)27)36-16-7-10-30-18(11-16)24(29)35/h1-7,10-11H,8-9,12-13H2,(H2,29,35)(H,31,33)(H,32,34). The molecule has 1 saturated carbocycles. The Morgan fingerprint density at radius 1 is 0.917 bits per heavy atom. The third-order valence-corrected chi connectivity index (χ3v) is 5.69. The van der Waals surface area contributed by atoms with Crippen LogP contribution in [0.1, 0.15) is 36.2 Å². The Hall–Kier alpha value is -4.41. The van der Waals surface area contributed by atoms with Crippen LogP contribution in [0, 0.1) is 22.9 Å².